The van der Waals surface area contributed by atoms with E-state index in [1.165, 1.54) is 6.26 Å². The van der Waals surface area contributed by atoms with Crippen molar-refractivity contribution in [1.82, 2.24) is 15.2 Å². The van der Waals surface area contributed by atoms with E-state index >= 15 is 0 Å². The first-order valence-corrected chi connectivity index (χ1v) is 9.89. The fourth-order valence-corrected chi connectivity index (χ4v) is 2.81. The van der Waals surface area contributed by atoms with E-state index < -0.39 is 0 Å². The summed E-state index contributed by atoms with van der Waals surface area (Å²) >= 11 is 12.0. The molecule has 2 aromatic rings. The highest BCUT2D eigenvalue weighted by Crippen LogP contribution is 2.24. The predicted octanol–water partition coefficient (Wildman–Crippen LogP) is 4.67. The van der Waals surface area contributed by atoms with E-state index in [0.717, 1.165) is 0 Å². The van der Waals surface area contributed by atoms with Crippen LogP contribution in [0.2, 0.25) is 10.0 Å². The molecule has 152 valence electrons. The number of hydrogen-bond acceptors (Lipinski definition) is 4. The van der Waals surface area contributed by atoms with E-state index in [1.54, 1.807) is 23.1 Å². The molecule has 1 aromatic heterocycles. The number of nitrogens with one attached hydrogen (secondary N) is 1. The molecular formula is C20H25Cl2N3O3. The van der Waals surface area contributed by atoms with Crippen LogP contribution >= 0.6 is 23.2 Å². The number of carbonyl (C=O) groups excluding carboxylic acids is 2. The lowest BCUT2D eigenvalue weighted by atomic mass is 10.1. The summed E-state index contributed by atoms with van der Waals surface area (Å²) in [4.78, 5) is 30.9. The van der Waals surface area contributed by atoms with E-state index in [0.29, 0.717) is 40.5 Å². The lowest BCUT2D eigenvalue weighted by Crippen LogP contribution is -2.34. The summed E-state index contributed by atoms with van der Waals surface area (Å²) in [5.74, 6) is 0.353. The summed E-state index contributed by atoms with van der Waals surface area (Å²) in [7, 11) is 0. The Balaban J connectivity index is 2.15. The van der Waals surface area contributed by atoms with Crippen molar-refractivity contribution in [2.45, 2.75) is 34.2 Å². The SMILES string of the molecule is CC(C)CNC(=O)c1coc(CN(CC(C)C)C(=O)c2ccc(Cl)c(Cl)c2)n1. The largest absolute Gasteiger partial charge is 0.446 e. The smallest absolute Gasteiger partial charge is 0.273 e. The molecule has 0 saturated carbocycles. The van der Waals surface area contributed by atoms with Crippen LogP contribution in [0.25, 0.3) is 0 Å². The molecule has 1 aromatic carbocycles. The van der Waals surface area contributed by atoms with Crippen molar-refractivity contribution >= 4 is 35.0 Å². The van der Waals surface area contributed by atoms with Crippen molar-refractivity contribution in [3.63, 3.8) is 0 Å². The molecule has 0 fully saturated rings. The van der Waals surface area contributed by atoms with E-state index in [9.17, 15) is 9.59 Å². The molecule has 0 aliphatic carbocycles. The third-order valence-electron chi connectivity index (χ3n) is 3.82. The van der Waals surface area contributed by atoms with Crippen LogP contribution in [0.4, 0.5) is 0 Å². The van der Waals surface area contributed by atoms with Gasteiger partial charge in [-0.1, -0.05) is 50.9 Å². The fraction of sp³-hybridized carbons (Fsp3) is 0.450. The monoisotopic (exact) mass is 425 g/mol. The summed E-state index contributed by atoms with van der Waals surface area (Å²) in [6.45, 7) is 9.23. The van der Waals surface area contributed by atoms with Crippen LogP contribution in [-0.4, -0.2) is 34.8 Å². The lowest BCUT2D eigenvalue weighted by Gasteiger charge is -2.23. The number of halogens is 2. The van der Waals surface area contributed by atoms with Gasteiger partial charge in [-0.25, -0.2) is 4.98 Å². The first kappa shape index (κ1) is 22.2. The Labute approximate surface area is 175 Å². The molecular weight excluding hydrogens is 401 g/mol. The maximum absolute atomic E-state index is 12.9. The quantitative estimate of drug-likeness (QED) is 0.666. The second-order valence-electron chi connectivity index (χ2n) is 7.44. The number of nitrogens with zero attached hydrogens (tertiary/aromatic N) is 2. The van der Waals surface area contributed by atoms with Crippen LogP contribution in [0.3, 0.4) is 0 Å². The van der Waals surface area contributed by atoms with Crippen molar-refractivity contribution < 1.29 is 14.0 Å². The summed E-state index contributed by atoms with van der Waals surface area (Å²) in [5, 5.41) is 3.49. The molecule has 2 amide bonds. The topological polar surface area (TPSA) is 75.4 Å². The van der Waals surface area contributed by atoms with E-state index in [2.05, 4.69) is 10.3 Å². The number of carbonyl (C=O) groups is 2. The molecule has 1 heterocycles. The van der Waals surface area contributed by atoms with Crippen LogP contribution < -0.4 is 5.32 Å². The Morgan fingerprint density at radius 2 is 1.86 bits per heavy atom. The molecule has 0 aliphatic heterocycles. The number of hydrogen-bond donors (Lipinski definition) is 1. The van der Waals surface area contributed by atoms with E-state index in [-0.39, 0.29) is 30.0 Å². The highest BCUT2D eigenvalue weighted by Gasteiger charge is 2.21. The second-order valence-corrected chi connectivity index (χ2v) is 8.25. The Kier molecular flexibility index (Phi) is 7.89. The minimum absolute atomic E-state index is 0.148. The molecule has 0 atom stereocenters. The molecule has 28 heavy (non-hydrogen) atoms. The van der Waals surface area contributed by atoms with Crippen LogP contribution in [0.15, 0.2) is 28.9 Å². The van der Waals surface area contributed by atoms with Gasteiger partial charge in [-0.05, 0) is 30.0 Å². The minimum atomic E-state index is -0.296. The summed E-state index contributed by atoms with van der Waals surface area (Å²) in [5.41, 5.74) is 0.624. The van der Waals surface area contributed by atoms with Crippen molar-refractivity contribution in [3.05, 3.63) is 51.7 Å². The summed E-state index contributed by atoms with van der Waals surface area (Å²) in [6, 6.07) is 4.76. The summed E-state index contributed by atoms with van der Waals surface area (Å²) in [6.07, 6.45) is 1.31. The zero-order chi connectivity index (χ0) is 20.8. The number of aromatic nitrogens is 1. The Hall–Kier alpha value is -2.05. The number of rotatable bonds is 8. The maximum Gasteiger partial charge on any atom is 0.273 e. The zero-order valence-corrected chi connectivity index (χ0v) is 18.0. The molecule has 6 nitrogen and oxygen atoms in total. The maximum atomic E-state index is 12.9. The van der Waals surface area contributed by atoms with Crippen LogP contribution in [0.1, 0.15) is 54.4 Å². The molecule has 2 rings (SSSR count). The highest BCUT2D eigenvalue weighted by atomic mass is 35.5. The van der Waals surface area contributed by atoms with E-state index in [1.807, 2.05) is 27.7 Å². The lowest BCUT2D eigenvalue weighted by molar-refractivity contribution is 0.0706. The molecule has 1 N–H and O–H groups in total. The van der Waals surface area contributed by atoms with Crippen LogP contribution in [-0.2, 0) is 6.54 Å². The van der Waals surface area contributed by atoms with Gasteiger partial charge in [0.15, 0.2) is 5.69 Å². The third kappa shape index (κ3) is 6.24. The van der Waals surface area contributed by atoms with Gasteiger partial charge in [0.1, 0.15) is 6.26 Å². The molecule has 0 aliphatic rings. The second kappa shape index (κ2) is 9.94. The Bertz CT molecular complexity index is 834. The average molecular weight is 426 g/mol. The van der Waals surface area contributed by atoms with Gasteiger partial charge in [-0.2, -0.15) is 0 Å². The molecule has 0 unspecified atom stereocenters. The first-order valence-electron chi connectivity index (χ1n) is 9.14. The number of amides is 2. The predicted molar refractivity (Wildman–Crippen MR) is 110 cm³/mol. The minimum Gasteiger partial charge on any atom is -0.446 e. The summed E-state index contributed by atoms with van der Waals surface area (Å²) < 4.78 is 5.42. The highest BCUT2D eigenvalue weighted by molar-refractivity contribution is 6.42. The molecule has 8 heteroatoms. The van der Waals surface area contributed by atoms with Gasteiger partial charge in [0.25, 0.3) is 11.8 Å². The zero-order valence-electron chi connectivity index (χ0n) is 16.5. The average Bonchev–Trinajstić information content (AvgIpc) is 3.09. The molecule has 0 saturated heterocycles. The Morgan fingerprint density at radius 3 is 2.46 bits per heavy atom. The van der Waals surface area contributed by atoms with Gasteiger partial charge in [0.05, 0.1) is 16.6 Å². The van der Waals surface area contributed by atoms with Gasteiger partial charge in [0, 0.05) is 18.7 Å². The van der Waals surface area contributed by atoms with E-state index in [4.69, 9.17) is 27.6 Å². The molecule has 0 spiro atoms. The standard InChI is InChI=1S/C20H25Cl2N3O3/c1-12(2)8-23-19(26)17-11-28-18(24-17)10-25(9-13(3)4)20(27)14-5-6-15(21)16(22)7-14/h5-7,11-13H,8-10H2,1-4H3,(H,23,26). The first-order chi connectivity index (χ1) is 13.2. The third-order valence-corrected chi connectivity index (χ3v) is 4.56. The van der Waals surface area contributed by atoms with Gasteiger partial charge in [0.2, 0.25) is 5.89 Å². The number of oxazole rings is 1. The van der Waals surface area contributed by atoms with Crippen LogP contribution in [0, 0.1) is 11.8 Å². The van der Waals surface area contributed by atoms with Crippen molar-refractivity contribution in [1.29, 1.82) is 0 Å². The van der Waals surface area contributed by atoms with Crippen molar-refractivity contribution in [2.75, 3.05) is 13.1 Å². The van der Waals surface area contributed by atoms with Crippen molar-refractivity contribution in [2.24, 2.45) is 11.8 Å². The van der Waals surface area contributed by atoms with Crippen molar-refractivity contribution in [3.8, 4) is 0 Å². The van der Waals surface area contributed by atoms with Gasteiger partial charge >= 0.3 is 0 Å². The molecule has 0 radical (unpaired) electrons. The molecule has 0 bridgehead atoms. The van der Waals surface area contributed by atoms with Crippen LogP contribution in [0.5, 0.6) is 0 Å². The number of benzene rings is 1. The Morgan fingerprint density at radius 1 is 1.14 bits per heavy atom. The fourth-order valence-electron chi connectivity index (χ4n) is 2.51. The van der Waals surface area contributed by atoms with Gasteiger partial charge in [-0.3, -0.25) is 9.59 Å². The normalized spacial score (nSPS) is 11.1. The van der Waals surface area contributed by atoms with Gasteiger partial charge in [-0.15, -0.1) is 0 Å². The van der Waals surface area contributed by atoms with Gasteiger partial charge < -0.3 is 14.6 Å².